The quantitative estimate of drug-likeness (QED) is 0.879. The van der Waals surface area contributed by atoms with Gasteiger partial charge in [0, 0.05) is 0 Å². The van der Waals surface area contributed by atoms with Crippen molar-refractivity contribution in [3.8, 4) is 0 Å². The van der Waals surface area contributed by atoms with E-state index in [0.29, 0.717) is 25.7 Å². The molecule has 0 radical (unpaired) electrons. The monoisotopic (exact) mass is 316 g/mol. The zero-order valence-corrected chi connectivity index (χ0v) is 13.2. The normalized spacial score (nSPS) is 33.7. The number of aliphatic hydroxyl groups is 1. The Morgan fingerprint density at radius 1 is 0.955 bits per heavy atom. The van der Waals surface area contributed by atoms with Gasteiger partial charge in [0.1, 0.15) is 0 Å². The molecular formula is C18H20O3S. The maximum atomic E-state index is 12.5. The molecule has 0 spiro atoms. The van der Waals surface area contributed by atoms with E-state index in [9.17, 15) is 13.5 Å². The Kier molecular flexibility index (Phi) is 3.10. The third-order valence-corrected chi connectivity index (χ3v) is 8.07. The second kappa shape index (κ2) is 4.80. The summed E-state index contributed by atoms with van der Waals surface area (Å²) in [7, 11) is -3.06. The van der Waals surface area contributed by atoms with E-state index in [-0.39, 0.29) is 10.5 Å². The highest BCUT2D eigenvalue weighted by atomic mass is 32.2. The Morgan fingerprint density at radius 3 is 2.32 bits per heavy atom. The highest BCUT2D eigenvalue weighted by molar-refractivity contribution is 7.92. The smallest absolute Gasteiger partial charge is 0.156 e. The summed E-state index contributed by atoms with van der Waals surface area (Å²) in [5, 5.41) is 12.7. The molecule has 0 saturated carbocycles. The third kappa shape index (κ3) is 2.01. The van der Waals surface area contributed by atoms with Crippen molar-refractivity contribution in [2.45, 2.75) is 48.2 Å². The number of hydrogen-bond donors (Lipinski definition) is 1. The first kappa shape index (κ1) is 14.2. The van der Waals surface area contributed by atoms with E-state index in [1.54, 1.807) is 0 Å². The van der Waals surface area contributed by atoms with Crippen LogP contribution in [0.3, 0.4) is 0 Å². The minimum atomic E-state index is -3.06. The molecule has 4 rings (SSSR count). The van der Waals surface area contributed by atoms with E-state index in [4.69, 9.17) is 0 Å². The minimum absolute atomic E-state index is 0.333. The number of hydrogen-bond acceptors (Lipinski definition) is 3. The third-order valence-electron chi connectivity index (χ3n) is 5.40. The lowest BCUT2D eigenvalue weighted by Crippen LogP contribution is -2.50. The zero-order chi connectivity index (χ0) is 15.4. The fraction of sp³-hybridized carbons (Fsp3) is 0.444. The second-order valence-electron chi connectivity index (χ2n) is 6.73. The SMILES string of the molecule is O=S1(=O)C2CCCC1CC(O)(c1cccc3ccccc13)C2. The van der Waals surface area contributed by atoms with Crippen LogP contribution in [0.5, 0.6) is 0 Å². The summed E-state index contributed by atoms with van der Waals surface area (Å²) in [5.41, 5.74) is -0.139. The largest absolute Gasteiger partial charge is 0.385 e. The molecule has 2 atom stereocenters. The molecule has 2 aromatic rings. The molecule has 2 unspecified atom stereocenters. The van der Waals surface area contributed by atoms with E-state index in [1.165, 1.54) is 0 Å². The molecule has 2 saturated heterocycles. The van der Waals surface area contributed by atoms with Crippen LogP contribution in [0.25, 0.3) is 10.8 Å². The van der Waals surface area contributed by atoms with Crippen molar-refractivity contribution in [3.63, 3.8) is 0 Å². The first-order valence-corrected chi connectivity index (χ1v) is 9.55. The van der Waals surface area contributed by atoms with Gasteiger partial charge in [-0.15, -0.1) is 0 Å². The lowest BCUT2D eigenvalue weighted by molar-refractivity contribution is 0.00640. The van der Waals surface area contributed by atoms with Crippen LogP contribution in [0.4, 0.5) is 0 Å². The molecule has 2 aliphatic heterocycles. The number of benzene rings is 2. The van der Waals surface area contributed by atoms with Gasteiger partial charge in [0.25, 0.3) is 0 Å². The highest BCUT2D eigenvalue weighted by Crippen LogP contribution is 2.47. The minimum Gasteiger partial charge on any atom is -0.385 e. The van der Waals surface area contributed by atoms with Crippen LogP contribution in [0.2, 0.25) is 0 Å². The van der Waals surface area contributed by atoms with Gasteiger partial charge in [0.2, 0.25) is 0 Å². The van der Waals surface area contributed by atoms with Crippen molar-refractivity contribution < 1.29 is 13.5 Å². The zero-order valence-electron chi connectivity index (χ0n) is 12.4. The first-order valence-electron chi connectivity index (χ1n) is 7.94. The Labute approximate surface area is 130 Å². The Morgan fingerprint density at radius 2 is 1.59 bits per heavy atom. The summed E-state index contributed by atoms with van der Waals surface area (Å²) in [6.07, 6.45) is 3.00. The summed E-state index contributed by atoms with van der Waals surface area (Å²) in [4.78, 5) is 0. The van der Waals surface area contributed by atoms with Crippen LogP contribution in [-0.2, 0) is 15.4 Å². The molecule has 0 aliphatic carbocycles. The van der Waals surface area contributed by atoms with E-state index in [1.807, 2.05) is 42.5 Å². The molecule has 2 bridgehead atoms. The summed E-state index contributed by atoms with van der Waals surface area (Å²) in [6, 6.07) is 13.9. The second-order valence-corrected chi connectivity index (χ2v) is 9.24. The van der Waals surface area contributed by atoms with Crippen LogP contribution in [0.1, 0.15) is 37.7 Å². The van der Waals surface area contributed by atoms with Crippen molar-refractivity contribution >= 4 is 20.6 Å². The average molecular weight is 316 g/mol. The topological polar surface area (TPSA) is 54.4 Å². The lowest BCUT2D eigenvalue weighted by atomic mass is 9.79. The molecule has 2 aromatic carbocycles. The molecule has 2 aliphatic rings. The summed E-state index contributed by atoms with van der Waals surface area (Å²) in [6.45, 7) is 0. The number of rotatable bonds is 1. The van der Waals surface area contributed by atoms with E-state index < -0.39 is 15.4 Å². The van der Waals surface area contributed by atoms with Crippen LogP contribution >= 0.6 is 0 Å². The molecule has 4 heteroatoms. The van der Waals surface area contributed by atoms with Crippen LogP contribution < -0.4 is 0 Å². The Hall–Kier alpha value is -1.39. The van der Waals surface area contributed by atoms with Gasteiger partial charge < -0.3 is 5.11 Å². The molecule has 0 amide bonds. The van der Waals surface area contributed by atoms with Gasteiger partial charge in [-0.25, -0.2) is 8.42 Å². The summed E-state index contributed by atoms with van der Waals surface area (Å²) >= 11 is 0. The molecular weight excluding hydrogens is 296 g/mol. The first-order chi connectivity index (χ1) is 10.5. The maximum absolute atomic E-state index is 12.5. The van der Waals surface area contributed by atoms with Crippen LogP contribution in [0, 0.1) is 0 Å². The van der Waals surface area contributed by atoms with Gasteiger partial charge in [-0.1, -0.05) is 48.9 Å². The van der Waals surface area contributed by atoms with Gasteiger partial charge in [-0.05, 0) is 42.0 Å². The van der Waals surface area contributed by atoms with Crippen molar-refractivity contribution in [1.29, 1.82) is 0 Å². The van der Waals surface area contributed by atoms with Gasteiger partial charge in [0.15, 0.2) is 9.84 Å². The Bertz CT molecular complexity index is 800. The molecule has 3 nitrogen and oxygen atoms in total. The molecule has 22 heavy (non-hydrogen) atoms. The van der Waals surface area contributed by atoms with Crippen LogP contribution in [0.15, 0.2) is 42.5 Å². The predicted octanol–water partition coefficient (Wildman–Crippen LogP) is 3.16. The average Bonchev–Trinajstić information content (AvgIpc) is 2.48. The lowest BCUT2D eigenvalue weighted by Gasteiger charge is -2.44. The molecule has 2 heterocycles. The highest BCUT2D eigenvalue weighted by Gasteiger charge is 2.51. The van der Waals surface area contributed by atoms with Gasteiger partial charge in [-0.3, -0.25) is 0 Å². The molecule has 1 N–H and O–H groups in total. The summed E-state index contributed by atoms with van der Waals surface area (Å²) < 4.78 is 24.9. The van der Waals surface area contributed by atoms with Gasteiger partial charge in [-0.2, -0.15) is 0 Å². The van der Waals surface area contributed by atoms with E-state index in [2.05, 4.69) is 0 Å². The van der Waals surface area contributed by atoms with E-state index in [0.717, 1.165) is 22.8 Å². The van der Waals surface area contributed by atoms with Gasteiger partial charge >= 0.3 is 0 Å². The van der Waals surface area contributed by atoms with E-state index >= 15 is 0 Å². The molecule has 2 fully saturated rings. The van der Waals surface area contributed by atoms with Crippen LogP contribution in [-0.4, -0.2) is 24.0 Å². The fourth-order valence-corrected chi connectivity index (χ4v) is 6.85. The standard InChI is InChI=1S/C18H20O3S/c19-18(11-14-7-4-8-15(12-18)22(14,20)21)17-10-3-6-13-5-1-2-9-16(13)17/h1-3,5-6,9-10,14-15,19H,4,7-8,11-12H2. The fourth-order valence-electron chi connectivity index (χ4n) is 4.30. The van der Waals surface area contributed by atoms with Gasteiger partial charge in [0.05, 0.1) is 16.1 Å². The molecule has 116 valence electrons. The maximum Gasteiger partial charge on any atom is 0.156 e. The van der Waals surface area contributed by atoms with Crippen molar-refractivity contribution in [2.75, 3.05) is 0 Å². The van der Waals surface area contributed by atoms with Crippen molar-refractivity contribution in [3.05, 3.63) is 48.0 Å². The number of fused-ring (bicyclic) bond motifs is 3. The molecule has 0 aromatic heterocycles. The summed E-state index contributed by atoms with van der Waals surface area (Å²) in [5.74, 6) is 0. The number of sulfone groups is 1. The predicted molar refractivity (Wildman–Crippen MR) is 87.4 cm³/mol. The van der Waals surface area contributed by atoms with Crippen molar-refractivity contribution in [1.82, 2.24) is 0 Å². The Balaban J connectivity index is 1.85. The van der Waals surface area contributed by atoms with Crippen molar-refractivity contribution in [2.24, 2.45) is 0 Å².